The van der Waals surface area contributed by atoms with Gasteiger partial charge in [0.25, 0.3) is 0 Å². The Morgan fingerprint density at radius 2 is 1.82 bits per heavy atom. The van der Waals surface area contributed by atoms with E-state index in [0.29, 0.717) is 5.95 Å². The first-order valence-electron chi connectivity index (χ1n) is 9.61. The first-order chi connectivity index (χ1) is 13.7. The normalized spacial score (nSPS) is 10.9. The van der Waals surface area contributed by atoms with E-state index >= 15 is 0 Å². The minimum absolute atomic E-state index is 0.659. The smallest absolute Gasteiger partial charge is 0.224 e. The van der Waals surface area contributed by atoms with Gasteiger partial charge in [-0.25, -0.2) is 4.98 Å². The van der Waals surface area contributed by atoms with Crippen molar-refractivity contribution in [2.75, 3.05) is 17.2 Å². The number of aromatic nitrogens is 3. The van der Waals surface area contributed by atoms with Gasteiger partial charge in [0.05, 0.1) is 0 Å². The summed E-state index contributed by atoms with van der Waals surface area (Å²) in [7, 11) is 0. The maximum atomic E-state index is 4.61. The fraction of sp³-hybridized carbons (Fsp3) is 0.217. The lowest BCUT2D eigenvalue weighted by molar-refractivity contribution is 0.974. The highest BCUT2D eigenvalue weighted by molar-refractivity contribution is 5.83. The van der Waals surface area contributed by atoms with E-state index in [2.05, 4.69) is 81.2 Å². The fourth-order valence-corrected chi connectivity index (χ4v) is 3.40. The molecule has 0 aliphatic carbocycles. The molecule has 0 spiro atoms. The van der Waals surface area contributed by atoms with Crippen molar-refractivity contribution < 1.29 is 0 Å². The first-order valence-corrected chi connectivity index (χ1v) is 9.61. The van der Waals surface area contributed by atoms with E-state index in [1.165, 1.54) is 27.6 Å². The SMILES string of the molecule is Cc1cccc(CNc2cc(C)nc(NCCc3c[nH]c4ccccc34)n2)c1. The molecule has 0 unspecified atom stereocenters. The molecule has 4 rings (SSSR count). The number of hydrogen-bond acceptors (Lipinski definition) is 4. The quantitative estimate of drug-likeness (QED) is 0.435. The van der Waals surface area contributed by atoms with Gasteiger partial charge in [0.1, 0.15) is 5.82 Å². The Kier molecular flexibility index (Phi) is 5.24. The molecule has 2 aromatic heterocycles. The molecule has 0 saturated heterocycles. The van der Waals surface area contributed by atoms with Crippen LogP contribution in [0.5, 0.6) is 0 Å². The van der Waals surface area contributed by atoms with E-state index in [9.17, 15) is 0 Å². The highest BCUT2D eigenvalue weighted by Gasteiger charge is 2.05. The highest BCUT2D eigenvalue weighted by atomic mass is 15.1. The van der Waals surface area contributed by atoms with Gasteiger partial charge in [-0.15, -0.1) is 0 Å². The van der Waals surface area contributed by atoms with Crippen molar-refractivity contribution in [1.82, 2.24) is 15.0 Å². The third-order valence-corrected chi connectivity index (χ3v) is 4.76. The number of hydrogen-bond donors (Lipinski definition) is 3. The zero-order chi connectivity index (χ0) is 19.3. The van der Waals surface area contributed by atoms with Gasteiger partial charge < -0.3 is 15.6 Å². The van der Waals surface area contributed by atoms with Crippen molar-refractivity contribution in [1.29, 1.82) is 0 Å². The molecule has 5 heteroatoms. The molecule has 142 valence electrons. The molecule has 5 nitrogen and oxygen atoms in total. The number of aryl methyl sites for hydroxylation is 2. The average molecular weight is 371 g/mol. The Balaban J connectivity index is 1.38. The second-order valence-corrected chi connectivity index (χ2v) is 7.10. The molecule has 0 aliphatic rings. The van der Waals surface area contributed by atoms with Gasteiger partial charge in [-0.3, -0.25) is 0 Å². The van der Waals surface area contributed by atoms with E-state index in [0.717, 1.165) is 31.0 Å². The maximum absolute atomic E-state index is 4.61. The van der Waals surface area contributed by atoms with E-state index in [1.807, 2.05) is 19.1 Å². The van der Waals surface area contributed by atoms with Crippen LogP contribution in [-0.4, -0.2) is 21.5 Å². The molecule has 28 heavy (non-hydrogen) atoms. The molecular weight excluding hydrogens is 346 g/mol. The number of para-hydroxylation sites is 1. The summed E-state index contributed by atoms with van der Waals surface area (Å²) < 4.78 is 0. The lowest BCUT2D eigenvalue weighted by atomic mass is 10.1. The van der Waals surface area contributed by atoms with Gasteiger partial charge in [0.15, 0.2) is 0 Å². The predicted molar refractivity (Wildman–Crippen MR) is 116 cm³/mol. The monoisotopic (exact) mass is 371 g/mol. The molecular formula is C23H25N5. The lowest BCUT2D eigenvalue weighted by Crippen LogP contribution is -2.10. The van der Waals surface area contributed by atoms with Crippen LogP contribution in [0.3, 0.4) is 0 Å². The number of nitrogens with zero attached hydrogens (tertiary/aromatic N) is 2. The molecule has 0 saturated carbocycles. The second kappa shape index (κ2) is 8.13. The van der Waals surface area contributed by atoms with Crippen molar-refractivity contribution in [2.24, 2.45) is 0 Å². The fourth-order valence-electron chi connectivity index (χ4n) is 3.40. The Morgan fingerprint density at radius 1 is 0.929 bits per heavy atom. The minimum atomic E-state index is 0.659. The van der Waals surface area contributed by atoms with Crippen LogP contribution in [0, 0.1) is 13.8 Å². The lowest BCUT2D eigenvalue weighted by Gasteiger charge is -2.10. The van der Waals surface area contributed by atoms with E-state index in [1.54, 1.807) is 0 Å². The van der Waals surface area contributed by atoms with Crippen molar-refractivity contribution in [3.8, 4) is 0 Å². The van der Waals surface area contributed by atoms with Crippen LogP contribution < -0.4 is 10.6 Å². The van der Waals surface area contributed by atoms with Crippen LogP contribution >= 0.6 is 0 Å². The first kappa shape index (κ1) is 18.0. The summed E-state index contributed by atoms with van der Waals surface area (Å²) in [5.41, 5.74) is 5.92. The molecule has 0 amide bonds. The van der Waals surface area contributed by atoms with Gasteiger partial charge in [0.2, 0.25) is 5.95 Å². The number of benzene rings is 2. The molecule has 2 aromatic carbocycles. The molecule has 2 heterocycles. The molecule has 4 aromatic rings. The summed E-state index contributed by atoms with van der Waals surface area (Å²) in [6.45, 7) is 5.62. The summed E-state index contributed by atoms with van der Waals surface area (Å²) in [5, 5.41) is 8.03. The summed E-state index contributed by atoms with van der Waals surface area (Å²) in [6, 6.07) is 18.8. The average Bonchev–Trinajstić information content (AvgIpc) is 3.09. The Bertz CT molecular complexity index is 1080. The van der Waals surface area contributed by atoms with E-state index in [-0.39, 0.29) is 0 Å². The maximum Gasteiger partial charge on any atom is 0.224 e. The van der Waals surface area contributed by atoms with Crippen LogP contribution in [0.15, 0.2) is 60.8 Å². The largest absolute Gasteiger partial charge is 0.366 e. The number of anilines is 2. The minimum Gasteiger partial charge on any atom is -0.366 e. The number of aromatic amines is 1. The van der Waals surface area contributed by atoms with Crippen molar-refractivity contribution in [3.63, 3.8) is 0 Å². The van der Waals surface area contributed by atoms with Crippen LogP contribution in [0.4, 0.5) is 11.8 Å². The predicted octanol–water partition coefficient (Wildman–Crippen LogP) is 4.84. The van der Waals surface area contributed by atoms with Gasteiger partial charge in [0, 0.05) is 41.9 Å². The molecule has 0 radical (unpaired) electrons. The topological polar surface area (TPSA) is 65.6 Å². The Labute approximate surface area is 165 Å². The summed E-state index contributed by atoms with van der Waals surface area (Å²) in [5.74, 6) is 1.50. The molecule has 0 bridgehead atoms. The number of nitrogens with one attached hydrogen (secondary N) is 3. The highest BCUT2D eigenvalue weighted by Crippen LogP contribution is 2.18. The van der Waals surface area contributed by atoms with Crippen LogP contribution in [0.1, 0.15) is 22.4 Å². The van der Waals surface area contributed by atoms with Crippen molar-refractivity contribution in [2.45, 2.75) is 26.8 Å². The molecule has 0 atom stereocenters. The summed E-state index contributed by atoms with van der Waals surface area (Å²) in [4.78, 5) is 12.4. The van der Waals surface area contributed by atoms with E-state index in [4.69, 9.17) is 0 Å². The third kappa shape index (κ3) is 4.31. The molecule has 0 fully saturated rings. The van der Waals surface area contributed by atoms with Gasteiger partial charge in [-0.2, -0.15) is 4.98 Å². The molecule has 0 aliphatic heterocycles. The van der Waals surface area contributed by atoms with E-state index < -0.39 is 0 Å². The summed E-state index contributed by atoms with van der Waals surface area (Å²) in [6.07, 6.45) is 2.99. The van der Waals surface area contributed by atoms with Crippen LogP contribution in [0.2, 0.25) is 0 Å². The number of fused-ring (bicyclic) bond motifs is 1. The van der Waals surface area contributed by atoms with Gasteiger partial charge >= 0.3 is 0 Å². The Hall–Kier alpha value is -3.34. The van der Waals surface area contributed by atoms with Crippen LogP contribution in [0.25, 0.3) is 10.9 Å². The summed E-state index contributed by atoms with van der Waals surface area (Å²) >= 11 is 0. The van der Waals surface area contributed by atoms with Crippen molar-refractivity contribution in [3.05, 3.63) is 83.2 Å². The standard InChI is InChI=1S/C23H25N5/c1-16-6-5-7-18(12-16)14-26-22-13-17(2)27-23(28-22)24-11-10-19-15-25-21-9-4-3-8-20(19)21/h3-9,12-13,15,25H,10-11,14H2,1-2H3,(H2,24,26,27,28). The Morgan fingerprint density at radius 3 is 2.71 bits per heavy atom. The second-order valence-electron chi connectivity index (χ2n) is 7.10. The molecule has 3 N–H and O–H groups in total. The van der Waals surface area contributed by atoms with Gasteiger partial charge in [-0.05, 0) is 37.5 Å². The van der Waals surface area contributed by atoms with Crippen molar-refractivity contribution >= 4 is 22.7 Å². The van der Waals surface area contributed by atoms with Crippen LogP contribution in [-0.2, 0) is 13.0 Å². The van der Waals surface area contributed by atoms with Gasteiger partial charge in [-0.1, -0.05) is 48.0 Å². The number of H-pyrrole nitrogens is 1. The number of rotatable bonds is 7. The third-order valence-electron chi connectivity index (χ3n) is 4.76. The zero-order valence-corrected chi connectivity index (χ0v) is 16.3. The zero-order valence-electron chi connectivity index (χ0n) is 16.3.